The molecule has 0 aliphatic carbocycles. The van der Waals surface area contributed by atoms with Gasteiger partial charge in [-0.2, -0.15) is 0 Å². The van der Waals surface area contributed by atoms with Gasteiger partial charge in [0, 0.05) is 6.42 Å². The molecule has 0 aliphatic rings. The summed E-state index contributed by atoms with van der Waals surface area (Å²) in [4.78, 5) is 11.0. The Morgan fingerprint density at radius 3 is 2.62 bits per heavy atom. The van der Waals surface area contributed by atoms with E-state index in [0.717, 1.165) is 18.4 Å². The summed E-state index contributed by atoms with van der Waals surface area (Å²) in [5.74, 6) is 0.422. The monoisotopic (exact) mass is 222 g/mol. The molecule has 0 amide bonds. The Hall–Kier alpha value is -1.18. The fourth-order valence-electron chi connectivity index (χ4n) is 1.91. The van der Waals surface area contributed by atoms with Gasteiger partial charge in [0.1, 0.15) is 11.6 Å². The van der Waals surface area contributed by atoms with E-state index in [1.54, 1.807) is 13.8 Å². The second-order valence-electron chi connectivity index (χ2n) is 4.35. The van der Waals surface area contributed by atoms with Crippen LogP contribution in [0.3, 0.4) is 0 Å². The number of Topliss-reactive ketones (excluding diaryl/α,β-unsaturated/α-hetero) is 1. The summed E-state index contributed by atoms with van der Waals surface area (Å²) in [6.45, 7) is 5.49. The van der Waals surface area contributed by atoms with E-state index in [2.05, 4.69) is 6.92 Å². The lowest BCUT2D eigenvalue weighted by molar-refractivity contribution is -0.117. The molecule has 0 bridgehead atoms. The van der Waals surface area contributed by atoms with E-state index < -0.39 is 0 Å². The average Bonchev–Trinajstić information content (AvgIpc) is 2.23. The molecule has 0 radical (unpaired) electrons. The second-order valence-corrected chi connectivity index (χ2v) is 4.35. The van der Waals surface area contributed by atoms with Crippen LogP contribution in [0.5, 0.6) is 0 Å². The molecular weight excluding hydrogens is 203 g/mol. The number of rotatable bonds is 5. The van der Waals surface area contributed by atoms with Crippen LogP contribution in [0.2, 0.25) is 0 Å². The molecule has 1 nitrogen and oxygen atoms in total. The quantitative estimate of drug-likeness (QED) is 0.736. The first-order valence-electron chi connectivity index (χ1n) is 5.80. The highest BCUT2D eigenvalue weighted by atomic mass is 19.1. The zero-order valence-electron chi connectivity index (χ0n) is 10.2. The normalized spacial score (nSPS) is 12.5. The standard InChI is InChI=1S/C14H19FO/c1-4-12(6-5-11(3)16)13-7-8-14(15)10(2)9-13/h7-9,12H,4-6H2,1-3H3. The van der Waals surface area contributed by atoms with E-state index in [0.29, 0.717) is 17.9 Å². The van der Waals surface area contributed by atoms with Crippen molar-refractivity contribution in [3.8, 4) is 0 Å². The molecule has 16 heavy (non-hydrogen) atoms. The molecule has 88 valence electrons. The third kappa shape index (κ3) is 3.44. The van der Waals surface area contributed by atoms with Crippen molar-refractivity contribution in [1.29, 1.82) is 0 Å². The number of ketones is 1. The van der Waals surface area contributed by atoms with Gasteiger partial charge in [0.25, 0.3) is 0 Å². The van der Waals surface area contributed by atoms with Gasteiger partial charge in [-0.25, -0.2) is 4.39 Å². The van der Waals surface area contributed by atoms with Gasteiger partial charge in [-0.05, 0) is 49.8 Å². The molecule has 0 N–H and O–H groups in total. The van der Waals surface area contributed by atoms with Crippen molar-refractivity contribution < 1.29 is 9.18 Å². The third-order valence-corrected chi connectivity index (χ3v) is 2.99. The smallest absolute Gasteiger partial charge is 0.129 e. The number of carbonyl (C=O) groups excluding carboxylic acids is 1. The lowest BCUT2D eigenvalue weighted by atomic mass is 9.90. The molecular formula is C14H19FO. The van der Waals surface area contributed by atoms with Gasteiger partial charge in [-0.15, -0.1) is 0 Å². The van der Waals surface area contributed by atoms with Gasteiger partial charge in [-0.1, -0.05) is 19.1 Å². The Kier molecular flexibility index (Phi) is 4.66. The minimum Gasteiger partial charge on any atom is -0.300 e. The van der Waals surface area contributed by atoms with Gasteiger partial charge in [-0.3, -0.25) is 0 Å². The molecule has 0 saturated carbocycles. The Morgan fingerprint density at radius 1 is 1.44 bits per heavy atom. The van der Waals surface area contributed by atoms with E-state index in [4.69, 9.17) is 0 Å². The van der Waals surface area contributed by atoms with E-state index >= 15 is 0 Å². The summed E-state index contributed by atoms with van der Waals surface area (Å²) in [6.07, 6.45) is 2.45. The van der Waals surface area contributed by atoms with Gasteiger partial charge in [0.2, 0.25) is 0 Å². The number of aryl methyl sites for hydroxylation is 1. The van der Waals surface area contributed by atoms with Crippen LogP contribution in [0.25, 0.3) is 0 Å². The lowest BCUT2D eigenvalue weighted by Gasteiger charge is -2.15. The summed E-state index contributed by atoms with van der Waals surface area (Å²) in [6, 6.07) is 5.24. The van der Waals surface area contributed by atoms with Gasteiger partial charge in [0.15, 0.2) is 0 Å². The second kappa shape index (κ2) is 5.78. The van der Waals surface area contributed by atoms with E-state index in [1.807, 2.05) is 12.1 Å². The highest BCUT2D eigenvalue weighted by Gasteiger charge is 2.11. The SMILES string of the molecule is CCC(CCC(C)=O)c1ccc(F)c(C)c1. The largest absolute Gasteiger partial charge is 0.300 e. The summed E-state index contributed by atoms with van der Waals surface area (Å²) in [5, 5.41) is 0. The van der Waals surface area contributed by atoms with E-state index in [9.17, 15) is 9.18 Å². The molecule has 1 aromatic rings. The zero-order valence-corrected chi connectivity index (χ0v) is 10.2. The number of hydrogen-bond acceptors (Lipinski definition) is 1. The van der Waals surface area contributed by atoms with Crippen LogP contribution in [0.15, 0.2) is 18.2 Å². The van der Waals surface area contributed by atoms with Crippen LogP contribution in [0.1, 0.15) is 50.2 Å². The summed E-state index contributed by atoms with van der Waals surface area (Å²) >= 11 is 0. The molecule has 0 saturated heterocycles. The number of halogens is 1. The van der Waals surface area contributed by atoms with E-state index in [1.165, 1.54) is 6.07 Å². The zero-order chi connectivity index (χ0) is 12.1. The minimum atomic E-state index is -0.162. The minimum absolute atomic E-state index is 0.162. The highest BCUT2D eigenvalue weighted by molar-refractivity contribution is 5.75. The summed E-state index contributed by atoms with van der Waals surface area (Å²) in [5.41, 5.74) is 1.82. The molecule has 0 fully saturated rings. The van der Waals surface area contributed by atoms with Gasteiger partial charge >= 0.3 is 0 Å². The Morgan fingerprint density at radius 2 is 2.12 bits per heavy atom. The van der Waals surface area contributed by atoms with E-state index in [-0.39, 0.29) is 11.6 Å². The van der Waals surface area contributed by atoms with Gasteiger partial charge < -0.3 is 4.79 Å². The average molecular weight is 222 g/mol. The summed E-state index contributed by atoms with van der Waals surface area (Å²) < 4.78 is 13.1. The van der Waals surface area contributed by atoms with Crippen molar-refractivity contribution in [2.24, 2.45) is 0 Å². The molecule has 1 aromatic carbocycles. The molecule has 0 aromatic heterocycles. The molecule has 0 heterocycles. The first-order valence-corrected chi connectivity index (χ1v) is 5.80. The van der Waals surface area contributed by atoms with Crippen LogP contribution in [0, 0.1) is 12.7 Å². The fraction of sp³-hybridized carbons (Fsp3) is 0.500. The number of hydrogen-bond donors (Lipinski definition) is 0. The highest BCUT2D eigenvalue weighted by Crippen LogP contribution is 2.26. The van der Waals surface area contributed by atoms with Crippen molar-refractivity contribution in [3.63, 3.8) is 0 Å². The van der Waals surface area contributed by atoms with Crippen LogP contribution in [0.4, 0.5) is 4.39 Å². The maximum absolute atomic E-state index is 13.1. The maximum Gasteiger partial charge on any atom is 0.129 e. The summed E-state index contributed by atoms with van der Waals surface area (Å²) in [7, 11) is 0. The van der Waals surface area contributed by atoms with Gasteiger partial charge in [0.05, 0.1) is 0 Å². The van der Waals surface area contributed by atoms with Crippen LogP contribution in [-0.2, 0) is 4.79 Å². The Bertz CT molecular complexity index is 371. The van der Waals surface area contributed by atoms with Crippen molar-refractivity contribution in [2.45, 2.75) is 46.0 Å². The van der Waals surface area contributed by atoms with Crippen LogP contribution >= 0.6 is 0 Å². The predicted octanol–water partition coefficient (Wildman–Crippen LogP) is 4.00. The molecule has 0 aliphatic heterocycles. The topological polar surface area (TPSA) is 17.1 Å². The van der Waals surface area contributed by atoms with Crippen molar-refractivity contribution in [1.82, 2.24) is 0 Å². The van der Waals surface area contributed by atoms with Crippen LogP contribution in [-0.4, -0.2) is 5.78 Å². The first kappa shape index (κ1) is 12.9. The Balaban J connectivity index is 2.78. The molecule has 0 spiro atoms. The predicted molar refractivity (Wildman–Crippen MR) is 64.1 cm³/mol. The molecule has 1 unspecified atom stereocenters. The third-order valence-electron chi connectivity index (χ3n) is 2.99. The van der Waals surface area contributed by atoms with Crippen molar-refractivity contribution >= 4 is 5.78 Å². The first-order chi connectivity index (χ1) is 7.54. The maximum atomic E-state index is 13.1. The molecule has 2 heteroatoms. The van der Waals surface area contributed by atoms with Crippen molar-refractivity contribution in [2.75, 3.05) is 0 Å². The number of benzene rings is 1. The van der Waals surface area contributed by atoms with Crippen molar-refractivity contribution in [3.05, 3.63) is 35.1 Å². The Labute approximate surface area is 96.7 Å². The number of carbonyl (C=O) groups is 1. The van der Waals surface area contributed by atoms with Crippen LogP contribution < -0.4 is 0 Å². The molecule has 1 rings (SSSR count). The molecule has 1 atom stereocenters. The lowest BCUT2D eigenvalue weighted by Crippen LogP contribution is -2.01. The fourth-order valence-corrected chi connectivity index (χ4v) is 1.91.